The van der Waals surface area contributed by atoms with Crippen LogP contribution >= 0.6 is 0 Å². The molecule has 5 heterocycles. The van der Waals surface area contributed by atoms with Crippen LogP contribution in [0.4, 0.5) is 5.69 Å². The monoisotopic (exact) mass is 1330 g/mol. The number of aromatic nitrogens is 5. The smallest absolute Gasteiger partial charge is 0.189 e. The minimum atomic E-state index is 0.345. The number of hydrogen-bond acceptors (Lipinski definition) is 1. The minimum absolute atomic E-state index is 0.345. The molecule has 0 atom stereocenters. The molecule has 0 bridgehead atoms. The summed E-state index contributed by atoms with van der Waals surface area (Å²) in [7, 11) is 0. The van der Waals surface area contributed by atoms with Crippen molar-refractivity contribution in [2.45, 2.75) is 0 Å². The van der Waals surface area contributed by atoms with Gasteiger partial charge >= 0.3 is 0 Å². The lowest BCUT2D eigenvalue weighted by Gasteiger charge is -2.32. The van der Waals surface area contributed by atoms with Gasteiger partial charge in [-0.3, -0.25) is 0 Å². The first-order valence-corrected chi connectivity index (χ1v) is 35.6. The number of para-hydroxylation sites is 6. The van der Waals surface area contributed by atoms with Crippen molar-refractivity contribution in [3.8, 4) is 90.1 Å². The summed E-state index contributed by atoms with van der Waals surface area (Å²) in [5, 5.41) is 22.4. The highest BCUT2D eigenvalue weighted by atomic mass is 15.2. The van der Waals surface area contributed by atoms with Gasteiger partial charge in [-0.05, 0) is 153 Å². The molecular weight excluding hydrogens is 1280 g/mol. The highest BCUT2D eigenvalue weighted by molar-refractivity contribution is 6.20. The molecule has 7 nitrogen and oxygen atoms in total. The van der Waals surface area contributed by atoms with E-state index >= 15 is 0 Å². The van der Waals surface area contributed by atoms with Crippen LogP contribution in [0.25, 0.3) is 198 Å². The zero-order chi connectivity index (χ0) is 69.4. The average Bonchev–Trinajstić information content (AvgIpc) is 1.56. The Morgan fingerprint density at radius 2 is 0.448 bits per heavy atom. The predicted octanol–water partition coefficient (Wildman–Crippen LogP) is 25.9. The normalized spacial score (nSPS) is 11.8. The van der Waals surface area contributed by atoms with Gasteiger partial charge in [0.05, 0.1) is 96.2 Å². The Morgan fingerprint density at radius 3 is 0.714 bits per heavy atom. The van der Waals surface area contributed by atoms with Gasteiger partial charge in [-0.2, -0.15) is 5.26 Å². The van der Waals surface area contributed by atoms with Crippen molar-refractivity contribution >= 4 is 115 Å². The molecular formula is C98H59N7. The van der Waals surface area contributed by atoms with Crippen molar-refractivity contribution in [1.82, 2.24) is 22.8 Å². The molecule has 0 saturated carbocycles. The lowest BCUT2D eigenvalue weighted by atomic mass is 9.93. The number of benzene rings is 16. The molecule has 21 aromatic rings. The first-order valence-electron chi connectivity index (χ1n) is 35.6. The fourth-order valence-electron chi connectivity index (χ4n) is 17.2. The van der Waals surface area contributed by atoms with Crippen LogP contribution in [-0.4, -0.2) is 22.8 Å². The SMILES string of the molecule is [C-]#[N+]c1cc(C#N)cc(-c2c(-n3c4ccccc4c4ccccc43)c(-n3c4ccc(-c5ccccc5)cc4c4cc(-c5ccccc5)ccc43)c(-n3c4ccccc4c4ccccc43)c(-n3c4ccc(-c5ccccc5)cc4c4cc(-c5ccccc5)ccc43)c2-n2c3ccccc3c3ccccc32)c1. The molecule has 0 unspecified atom stereocenters. The predicted molar refractivity (Wildman–Crippen MR) is 436 cm³/mol. The van der Waals surface area contributed by atoms with Crippen LogP contribution in [0.3, 0.4) is 0 Å². The summed E-state index contributed by atoms with van der Waals surface area (Å²) in [5.74, 6) is 0. The Hall–Kier alpha value is -14.5. The number of fused-ring (bicyclic) bond motifs is 15. The second-order valence-corrected chi connectivity index (χ2v) is 27.3. The molecule has 0 saturated heterocycles. The third-order valence-electron chi connectivity index (χ3n) is 21.7. The Bertz CT molecular complexity index is 6550. The summed E-state index contributed by atoms with van der Waals surface area (Å²) >= 11 is 0. The summed E-state index contributed by atoms with van der Waals surface area (Å²) in [5.41, 5.74) is 25.2. The van der Waals surface area contributed by atoms with Gasteiger partial charge in [0, 0.05) is 65.0 Å². The molecule has 0 amide bonds. The van der Waals surface area contributed by atoms with E-state index in [9.17, 15) is 5.26 Å². The van der Waals surface area contributed by atoms with E-state index in [1.54, 1.807) is 6.07 Å². The largest absolute Gasteiger partial charge is 0.306 e. The molecule has 0 N–H and O–H groups in total. The second-order valence-electron chi connectivity index (χ2n) is 27.3. The van der Waals surface area contributed by atoms with Gasteiger partial charge in [0.25, 0.3) is 0 Å². The Labute approximate surface area is 604 Å². The number of rotatable bonds is 10. The third-order valence-corrected chi connectivity index (χ3v) is 21.7. The molecule has 0 aliphatic carbocycles. The fourth-order valence-corrected chi connectivity index (χ4v) is 17.2. The van der Waals surface area contributed by atoms with Crippen molar-refractivity contribution in [3.05, 3.63) is 375 Å². The zero-order valence-electron chi connectivity index (χ0n) is 56.7. The van der Waals surface area contributed by atoms with Crippen LogP contribution in [0.5, 0.6) is 0 Å². The van der Waals surface area contributed by atoms with Gasteiger partial charge in [-0.25, -0.2) is 4.85 Å². The van der Waals surface area contributed by atoms with E-state index in [-0.39, 0.29) is 0 Å². The first-order chi connectivity index (χ1) is 52.0. The highest BCUT2D eigenvalue weighted by Gasteiger charge is 2.37. The van der Waals surface area contributed by atoms with E-state index in [4.69, 9.17) is 6.57 Å². The lowest BCUT2D eigenvalue weighted by molar-refractivity contribution is 1.00. The maximum absolute atomic E-state index is 11.6. The second kappa shape index (κ2) is 23.6. The summed E-state index contributed by atoms with van der Waals surface area (Å²) in [6.07, 6.45) is 0. The van der Waals surface area contributed by atoms with Gasteiger partial charge in [0.15, 0.2) is 5.69 Å². The number of nitrogens with zero attached hydrogens (tertiary/aromatic N) is 7. The van der Waals surface area contributed by atoms with E-state index in [2.05, 4.69) is 373 Å². The minimum Gasteiger partial charge on any atom is -0.306 e. The standard InChI is InChI=1S/C98H59N7/c1-100-72-55-62(61-99)54-71(56-72)93-94(101-83-40-20-14-34-73(83)74-35-15-21-41-84(74)101)96(104-89-50-46-67(63-26-6-2-7-27-63)57-79(89)80-58-68(47-51-90(80)104)64-28-8-3-9-29-64)98(103-87-44-24-18-38-77(87)78-39-19-25-45-88(78)103)97(95(93)102-85-42-22-16-36-75(85)76-37-17-23-43-86(76)102)105-91-52-48-69(65-30-10-4-11-31-65)59-81(91)82-60-70(49-53-92(82)105)66-32-12-5-13-33-66/h2-60H. The van der Waals surface area contributed by atoms with Gasteiger partial charge in [0.2, 0.25) is 0 Å². The Kier molecular flexibility index (Phi) is 13.3. The zero-order valence-corrected chi connectivity index (χ0v) is 56.7. The molecule has 7 heteroatoms. The van der Waals surface area contributed by atoms with Crippen LogP contribution in [0.1, 0.15) is 5.56 Å². The van der Waals surface area contributed by atoms with Crippen LogP contribution in [-0.2, 0) is 0 Å². The van der Waals surface area contributed by atoms with Crippen LogP contribution in [0, 0.1) is 17.9 Å². The molecule has 5 aromatic heterocycles. The van der Waals surface area contributed by atoms with E-state index in [1.165, 1.54) is 0 Å². The third kappa shape index (κ3) is 9.03. The summed E-state index contributed by atoms with van der Waals surface area (Å²) in [6.45, 7) is 9.06. The van der Waals surface area contributed by atoms with Crippen molar-refractivity contribution < 1.29 is 0 Å². The summed E-state index contributed by atoms with van der Waals surface area (Å²) < 4.78 is 12.8. The molecule has 21 rings (SSSR count). The van der Waals surface area contributed by atoms with Crippen molar-refractivity contribution in [2.75, 3.05) is 0 Å². The molecule has 486 valence electrons. The summed E-state index contributed by atoms with van der Waals surface area (Å²) in [4.78, 5) is 4.29. The topological polar surface area (TPSA) is 52.8 Å². The van der Waals surface area contributed by atoms with Crippen LogP contribution in [0.15, 0.2) is 358 Å². The van der Waals surface area contributed by atoms with Crippen molar-refractivity contribution in [3.63, 3.8) is 0 Å². The molecule has 105 heavy (non-hydrogen) atoms. The summed E-state index contributed by atoms with van der Waals surface area (Å²) in [6, 6.07) is 132. The maximum atomic E-state index is 11.6. The van der Waals surface area contributed by atoms with Crippen LogP contribution < -0.4 is 0 Å². The average molecular weight is 1330 g/mol. The van der Waals surface area contributed by atoms with Crippen molar-refractivity contribution in [2.24, 2.45) is 0 Å². The van der Waals surface area contributed by atoms with E-state index in [1.807, 2.05) is 12.1 Å². The molecule has 0 spiro atoms. The van der Waals surface area contributed by atoms with Crippen molar-refractivity contribution in [1.29, 1.82) is 5.26 Å². The first kappa shape index (κ1) is 59.4. The Balaban J connectivity index is 1.11. The highest BCUT2D eigenvalue weighted by Crippen LogP contribution is 2.56. The van der Waals surface area contributed by atoms with Gasteiger partial charge in [0.1, 0.15) is 0 Å². The van der Waals surface area contributed by atoms with Crippen LogP contribution in [0.2, 0.25) is 0 Å². The fraction of sp³-hybridized carbons (Fsp3) is 0. The molecule has 0 aliphatic rings. The molecule has 0 aliphatic heterocycles. The van der Waals surface area contributed by atoms with Gasteiger partial charge in [-0.1, -0.05) is 255 Å². The van der Waals surface area contributed by atoms with E-state index < -0.39 is 0 Å². The number of nitriles is 1. The molecule has 0 fully saturated rings. The van der Waals surface area contributed by atoms with Gasteiger partial charge in [-0.15, -0.1) is 0 Å². The Morgan fingerprint density at radius 1 is 0.210 bits per heavy atom. The van der Waals surface area contributed by atoms with E-state index in [0.29, 0.717) is 16.8 Å². The molecule has 16 aromatic carbocycles. The maximum Gasteiger partial charge on any atom is 0.189 e. The lowest BCUT2D eigenvalue weighted by Crippen LogP contribution is -2.18. The quantitative estimate of drug-likeness (QED) is 0.126. The van der Waals surface area contributed by atoms with E-state index in [0.717, 1.165) is 188 Å². The van der Waals surface area contributed by atoms with Gasteiger partial charge < -0.3 is 22.8 Å². The number of hydrogen-bond donors (Lipinski definition) is 0. The molecule has 0 radical (unpaired) electrons.